The van der Waals surface area contributed by atoms with Crippen molar-refractivity contribution in [3.8, 4) is 5.75 Å². The Balaban J connectivity index is 2.07. The molecule has 26 heavy (non-hydrogen) atoms. The summed E-state index contributed by atoms with van der Waals surface area (Å²) in [5.74, 6) is -2.96. The van der Waals surface area contributed by atoms with Crippen molar-refractivity contribution in [2.24, 2.45) is 11.8 Å². The number of fused-ring (bicyclic) bond motifs is 1. The first kappa shape index (κ1) is 18.4. The number of imide groups is 1. The van der Waals surface area contributed by atoms with Crippen LogP contribution in [0, 0.1) is 11.8 Å². The Labute approximate surface area is 152 Å². The van der Waals surface area contributed by atoms with Gasteiger partial charge in [-0.2, -0.15) is 0 Å². The molecule has 0 radical (unpaired) electrons. The number of amides is 2. The number of carbonyl (C=O) groups is 3. The molecule has 2 fully saturated rings. The van der Waals surface area contributed by atoms with Gasteiger partial charge in [0.05, 0.1) is 18.9 Å². The van der Waals surface area contributed by atoms with Crippen LogP contribution in [-0.2, 0) is 14.4 Å². The van der Waals surface area contributed by atoms with Crippen LogP contribution in [0.3, 0.4) is 0 Å². The molecule has 0 bridgehead atoms. The molecule has 2 N–H and O–H groups in total. The normalized spacial score (nSPS) is 30.6. The molecule has 1 aromatic carbocycles. The number of nitrogens with one attached hydrogen (secondary N) is 1. The maximum Gasteiger partial charge on any atom is 0.324 e. The SMILES string of the molecule is CCCCN1C(=O)C2C(c3ccccc3OC)NC(C)(C(=O)O)C2C1=O. The van der Waals surface area contributed by atoms with E-state index in [2.05, 4.69) is 5.32 Å². The molecule has 2 aliphatic heterocycles. The molecule has 0 aromatic heterocycles. The first-order valence-electron chi connectivity index (χ1n) is 8.86. The van der Waals surface area contributed by atoms with E-state index in [9.17, 15) is 19.5 Å². The van der Waals surface area contributed by atoms with E-state index in [0.29, 0.717) is 24.3 Å². The molecule has 2 heterocycles. The fraction of sp³-hybridized carbons (Fsp3) is 0.526. The van der Waals surface area contributed by atoms with Gasteiger partial charge >= 0.3 is 5.97 Å². The molecular formula is C19H24N2O5. The predicted molar refractivity (Wildman–Crippen MR) is 93.5 cm³/mol. The van der Waals surface area contributed by atoms with Gasteiger partial charge < -0.3 is 9.84 Å². The highest BCUT2D eigenvalue weighted by Gasteiger charge is 2.66. The fourth-order valence-corrected chi connectivity index (χ4v) is 4.12. The molecule has 3 rings (SSSR count). The van der Waals surface area contributed by atoms with Gasteiger partial charge in [0.25, 0.3) is 0 Å². The average molecular weight is 360 g/mol. The third kappa shape index (κ3) is 2.58. The van der Waals surface area contributed by atoms with Crippen molar-refractivity contribution in [2.45, 2.75) is 38.3 Å². The number of aliphatic carboxylic acids is 1. The molecule has 4 unspecified atom stereocenters. The van der Waals surface area contributed by atoms with Crippen molar-refractivity contribution in [3.05, 3.63) is 29.8 Å². The summed E-state index contributed by atoms with van der Waals surface area (Å²) in [4.78, 5) is 39.2. The molecule has 4 atom stereocenters. The Morgan fingerprint density at radius 2 is 2.00 bits per heavy atom. The highest BCUT2D eigenvalue weighted by atomic mass is 16.5. The Bertz CT molecular complexity index is 749. The number of hydrogen-bond donors (Lipinski definition) is 2. The van der Waals surface area contributed by atoms with E-state index in [-0.39, 0.29) is 5.91 Å². The van der Waals surface area contributed by atoms with Crippen LogP contribution in [0.1, 0.15) is 38.3 Å². The van der Waals surface area contributed by atoms with Gasteiger partial charge in [0.1, 0.15) is 11.3 Å². The number of ether oxygens (including phenoxy) is 1. The minimum Gasteiger partial charge on any atom is -0.496 e. The number of carboxylic acids is 1. The molecule has 2 aliphatic rings. The van der Waals surface area contributed by atoms with Crippen molar-refractivity contribution in [1.29, 1.82) is 0 Å². The van der Waals surface area contributed by atoms with Gasteiger partial charge in [0.15, 0.2) is 0 Å². The maximum atomic E-state index is 13.0. The van der Waals surface area contributed by atoms with E-state index in [1.807, 2.05) is 6.92 Å². The van der Waals surface area contributed by atoms with Crippen molar-refractivity contribution in [3.63, 3.8) is 0 Å². The number of nitrogens with zero attached hydrogens (tertiary/aromatic N) is 1. The monoisotopic (exact) mass is 360 g/mol. The van der Waals surface area contributed by atoms with E-state index >= 15 is 0 Å². The zero-order valence-electron chi connectivity index (χ0n) is 15.2. The summed E-state index contributed by atoms with van der Waals surface area (Å²) < 4.78 is 5.39. The van der Waals surface area contributed by atoms with Gasteiger partial charge in [-0.1, -0.05) is 31.5 Å². The highest BCUT2D eigenvalue weighted by molar-refractivity contribution is 6.09. The Morgan fingerprint density at radius 3 is 2.62 bits per heavy atom. The lowest BCUT2D eigenvalue weighted by Crippen LogP contribution is -2.53. The molecule has 0 saturated carbocycles. The number of carboxylic acid groups (broad SMARTS) is 1. The second-order valence-corrected chi connectivity index (χ2v) is 7.06. The van der Waals surface area contributed by atoms with Crippen LogP contribution in [0.25, 0.3) is 0 Å². The zero-order valence-corrected chi connectivity index (χ0v) is 15.2. The van der Waals surface area contributed by atoms with Crippen LogP contribution in [0.15, 0.2) is 24.3 Å². The molecule has 0 aliphatic carbocycles. The first-order chi connectivity index (χ1) is 12.4. The van der Waals surface area contributed by atoms with E-state index in [0.717, 1.165) is 6.42 Å². The Morgan fingerprint density at radius 1 is 1.31 bits per heavy atom. The van der Waals surface area contributed by atoms with Crippen LogP contribution in [0.2, 0.25) is 0 Å². The van der Waals surface area contributed by atoms with E-state index < -0.39 is 35.3 Å². The number of para-hydroxylation sites is 1. The lowest BCUT2D eigenvalue weighted by Gasteiger charge is -2.27. The average Bonchev–Trinajstić information content (AvgIpc) is 3.08. The van der Waals surface area contributed by atoms with Crippen molar-refractivity contribution in [1.82, 2.24) is 10.2 Å². The van der Waals surface area contributed by atoms with Crippen LogP contribution in [0.4, 0.5) is 0 Å². The summed E-state index contributed by atoms with van der Waals surface area (Å²) in [7, 11) is 1.52. The number of benzene rings is 1. The second kappa shape index (κ2) is 6.72. The summed E-state index contributed by atoms with van der Waals surface area (Å²) >= 11 is 0. The van der Waals surface area contributed by atoms with Gasteiger partial charge in [-0.05, 0) is 19.4 Å². The Hall–Kier alpha value is -2.41. The molecule has 0 spiro atoms. The quantitative estimate of drug-likeness (QED) is 0.748. The van der Waals surface area contributed by atoms with E-state index in [1.165, 1.54) is 18.9 Å². The fourth-order valence-electron chi connectivity index (χ4n) is 4.12. The molecule has 1 aromatic rings. The number of hydrogen-bond acceptors (Lipinski definition) is 5. The van der Waals surface area contributed by atoms with Crippen molar-refractivity contribution in [2.75, 3.05) is 13.7 Å². The number of methoxy groups -OCH3 is 1. The number of rotatable bonds is 6. The second-order valence-electron chi connectivity index (χ2n) is 7.06. The Kier molecular flexibility index (Phi) is 4.75. The molecule has 2 amide bonds. The topological polar surface area (TPSA) is 95.9 Å². The van der Waals surface area contributed by atoms with Crippen LogP contribution in [0.5, 0.6) is 5.75 Å². The van der Waals surface area contributed by atoms with Crippen molar-refractivity contribution < 1.29 is 24.2 Å². The van der Waals surface area contributed by atoms with Gasteiger partial charge in [-0.15, -0.1) is 0 Å². The molecule has 7 heteroatoms. The van der Waals surface area contributed by atoms with Gasteiger partial charge in [-0.3, -0.25) is 24.6 Å². The van der Waals surface area contributed by atoms with Crippen LogP contribution < -0.4 is 10.1 Å². The largest absolute Gasteiger partial charge is 0.496 e. The minimum absolute atomic E-state index is 0.304. The third-order valence-corrected chi connectivity index (χ3v) is 5.53. The number of carbonyl (C=O) groups excluding carboxylic acids is 2. The lowest BCUT2D eigenvalue weighted by molar-refractivity contribution is -0.150. The molecule has 140 valence electrons. The van der Waals surface area contributed by atoms with Gasteiger partial charge in [-0.25, -0.2) is 0 Å². The lowest BCUT2D eigenvalue weighted by atomic mass is 9.80. The van der Waals surface area contributed by atoms with Crippen LogP contribution in [-0.4, -0.2) is 47.0 Å². The summed E-state index contributed by atoms with van der Waals surface area (Å²) in [6, 6.07) is 6.58. The van der Waals surface area contributed by atoms with E-state index in [1.54, 1.807) is 24.3 Å². The van der Waals surface area contributed by atoms with Crippen molar-refractivity contribution >= 4 is 17.8 Å². The van der Waals surface area contributed by atoms with Gasteiger partial charge in [0, 0.05) is 18.2 Å². The summed E-state index contributed by atoms with van der Waals surface area (Å²) in [6.07, 6.45) is 1.55. The zero-order chi connectivity index (χ0) is 19.1. The molecular weight excluding hydrogens is 336 g/mol. The number of likely N-dealkylation sites (tertiary alicyclic amines) is 1. The minimum atomic E-state index is -1.51. The maximum absolute atomic E-state index is 13.0. The van der Waals surface area contributed by atoms with E-state index in [4.69, 9.17) is 4.74 Å². The number of unbranched alkanes of at least 4 members (excludes halogenated alkanes) is 1. The summed E-state index contributed by atoms with van der Waals surface area (Å²) in [5.41, 5.74) is -0.822. The smallest absolute Gasteiger partial charge is 0.324 e. The first-order valence-corrected chi connectivity index (χ1v) is 8.86. The summed E-state index contributed by atoms with van der Waals surface area (Å²) in [6.45, 7) is 3.79. The van der Waals surface area contributed by atoms with Crippen LogP contribution >= 0.6 is 0 Å². The highest BCUT2D eigenvalue weighted by Crippen LogP contribution is 2.50. The third-order valence-electron chi connectivity index (χ3n) is 5.53. The summed E-state index contributed by atoms with van der Waals surface area (Å²) in [5, 5.41) is 12.9. The predicted octanol–water partition coefficient (Wildman–Crippen LogP) is 1.58. The molecule has 7 nitrogen and oxygen atoms in total. The van der Waals surface area contributed by atoms with Gasteiger partial charge in [0.2, 0.25) is 11.8 Å². The standard InChI is InChI=1S/C19H24N2O5/c1-4-5-10-21-16(22)13-14(17(21)23)19(2,18(24)25)20-15(13)11-8-6-7-9-12(11)26-3/h6-9,13-15,20H,4-5,10H2,1-3H3,(H,24,25). The molecule has 2 saturated heterocycles.